The molecule has 0 amide bonds. The van der Waals surface area contributed by atoms with Gasteiger partial charge in [-0.2, -0.15) is 0 Å². The summed E-state index contributed by atoms with van der Waals surface area (Å²) in [5.41, 5.74) is 7.47. The molecule has 0 fully saturated rings. The molecule has 0 aliphatic rings. The number of fused-ring (bicyclic) bond motifs is 1. The highest BCUT2D eigenvalue weighted by atomic mass is 19.1. The first-order valence-corrected chi connectivity index (χ1v) is 5.08. The lowest BCUT2D eigenvalue weighted by atomic mass is 10.2. The third-order valence-electron chi connectivity index (χ3n) is 2.54. The average Bonchev–Trinajstić information content (AvgIpc) is 2.49. The highest BCUT2D eigenvalue weighted by Crippen LogP contribution is 2.20. The van der Waals surface area contributed by atoms with Gasteiger partial charge in [0.2, 0.25) is 0 Å². The molecule has 0 unspecified atom stereocenters. The molecular formula is C12H15FN2. The molecule has 0 saturated heterocycles. The van der Waals surface area contributed by atoms with Crippen molar-refractivity contribution in [2.24, 2.45) is 5.73 Å². The van der Waals surface area contributed by atoms with E-state index in [9.17, 15) is 4.39 Å². The van der Waals surface area contributed by atoms with E-state index in [1.54, 1.807) is 13.0 Å². The van der Waals surface area contributed by atoms with E-state index in [0.29, 0.717) is 5.56 Å². The Kier molecular flexibility index (Phi) is 2.49. The molecule has 1 aromatic carbocycles. The molecule has 3 heteroatoms. The second-order valence-electron chi connectivity index (χ2n) is 4.11. The molecule has 0 radical (unpaired) electrons. The van der Waals surface area contributed by atoms with Gasteiger partial charge >= 0.3 is 0 Å². The van der Waals surface area contributed by atoms with Gasteiger partial charge < -0.3 is 10.3 Å². The first-order chi connectivity index (χ1) is 7.08. The highest BCUT2D eigenvalue weighted by Gasteiger charge is 2.06. The summed E-state index contributed by atoms with van der Waals surface area (Å²) in [5, 5.41) is 0.929. The maximum Gasteiger partial charge on any atom is 0.126 e. The SMILES string of the molecule is Cc1cc2c(ccn2C[C@H](C)N)cc1F. The van der Waals surface area contributed by atoms with Crippen molar-refractivity contribution >= 4 is 10.9 Å². The number of hydrogen-bond donors (Lipinski definition) is 1. The predicted molar refractivity (Wildman–Crippen MR) is 60.3 cm³/mol. The molecule has 0 saturated carbocycles. The summed E-state index contributed by atoms with van der Waals surface area (Å²) in [4.78, 5) is 0. The number of nitrogens with zero attached hydrogens (tertiary/aromatic N) is 1. The Bertz CT molecular complexity index is 486. The number of benzene rings is 1. The van der Waals surface area contributed by atoms with E-state index in [1.165, 1.54) is 0 Å². The first-order valence-electron chi connectivity index (χ1n) is 5.08. The van der Waals surface area contributed by atoms with Crippen molar-refractivity contribution in [3.63, 3.8) is 0 Å². The lowest BCUT2D eigenvalue weighted by molar-refractivity contribution is 0.603. The minimum Gasteiger partial charge on any atom is -0.346 e. The number of rotatable bonds is 2. The number of hydrogen-bond acceptors (Lipinski definition) is 1. The van der Waals surface area contributed by atoms with Crippen LogP contribution in [0, 0.1) is 12.7 Å². The Morgan fingerprint density at radius 3 is 2.87 bits per heavy atom. The first kappa shape index (κ1) is 10.2. The van der Waals surface area contributed by atoms with Gasteiger partial charge in [-0.1, -0.05) is 0 Å². The van der Waals surface area contributed by atoms with Crippen LogP contribution in [0.15, 0.2) is 24.4 Å². The molecule has 0 bridgehead atoms. The van der Waals surface area contributed by atoms with Crippen LogP contribution in [0.4, 0.5) is 4.39 Å². The van der Waals surface area contributed by atoms with E-state index in [1.807, 2.05) is 25.3 Å². The van der Waals surface area contributed by atoms with Crippen LogP contribution in [0.25, 0.3) is 10.9 Å². The minimum atomic E-state index is -0.152. The van der Waals surface area contributed by atoms with E-state index in [4.69, 9.17) is 5.73 Å². The van der Waals surface area contributed by atoms with Gasteiger partial charge in [-0.3, -0.25) is 0 Å². The van der Waals surface area contributed by atoms with Gasteiger partial charge in [-0.25, -0.2) is 4.39 Å². The topological polar surface area (TPSA) is 30.9 Å². The van der Waals surface area contributed by atoms with E-state index in [0.717, 1.165) is 17.4 Å². The van der Waals surface area contributed by atoms with Crippen LogP contribution in [0.3, 0.4) is 0 Å². The quantitative estimate of drug-likeness (QED) is 0.803. The Morgan fingerprint density at radius 1 is 1.47 bits per heavy atom. The van der Waals surface area contributed by atoms with Crippen LogP contribution < -0.4 is 5.73 Å². The fourth-order valence-corrected chi connectivity index (χ4v) is 1.78. The fraction of sp³-hybridized carbons (Fsp3) is 0.333. The summed E-state index contributed by atoms with van der Waals surface area (Å²) < 4.78 is 15.3. The fourth-order valence-electron chi connectivity index (χ4n) is 1.78. The highest BCUT2D eigenvalue weighted by molar-refractivity contribution is 5.81. The number of halogens is 1. The summed E-state index contributed by atoms with van der Waals surface area (Å²) in [7, 11) is 0. The molecule has 1 heterocycles. The summed E-state index contributed by atoms with van der Waals surface area (Å²) in [6.45, 7) is 4.49. The standard InChI is InChI=1S/C12H15FN2/c1-8-5-12-10(6-11(8)13)3-4-15(12)7-9(2)14/h3-6,9H,7,14H2,1-2H3/t9-/m0/s1. The Balaban J connectivity index is 2.54. The van der Waals surface area contributed by atoms with Crippen LogP contribution >= 0.6 is 0 Å². The second-order valence-corrected chi connectivity index (χ2v) is 4.11. The van der Waals surface area contributed by atoms with Crippen LogP contribution in [-0.2, 0) is 6.54 Å². The average molecular weight is 206 g/mol. The molecule has 2 aromatic rings. The van der Waals surface area contributed by atoms with Gasteiger partial charge in [0, 0.05) is 29.7 Å². The Hall–Kier alpha value is -1.35. The van der Waals surface area contributed by atoms with Crippen molar-refractivity contribution in [1.82, 2.24) is 4.57 Å². The van der Waals surface area contributed by atoms with Crippen LogP contribution in [0.1, 0.15) is 12.5 Å². The van der Waals surface area contributed by atoms with Gasteiger partial charge in [0.25, 0.3) is 0 Å². The maximum absolute atomic E-state index is 13.3. The molecule has 0 aliphatic carbocycles. The second kappa shape index (κ2) is 3.66. The van der Waals surface area contributed by atoms with Crippen molar-refractivity contribution in [2.75, 3.05) is 0 Å². The number of aromatic nitrogens is 1. The van der Waals surface area contributed by atoms with Crippen molar-refractivity contribution < 1.29 is 4.39 Å². The van der Waals surface area contributed by atoms with Crippen molar-refractivity contribution in [2.45, 2.75) is 26.4 Å². The zero-order chi connectivity index (χ0) is 11.0. The summed E-state index contributed by atoms with van der Waals surface area (Å²) >= 11 is 0. The van der Waals surface area contributed by atoms with Gasteiger partial charge in [0.05, 0.1) is 0 Å². The molecule has 0 aliphatic heterocycles. The monoisotopic (exact) mass is 206 g/mol. The smallest absolute Gasteiger partial charge is 0.126 e. The lowest BCUT2D eigenvalue weighted by Gasteiger charge is -2.08. The summed E-state index contributed by atoms with van der Waals surface area (Å²) in [5.74, 6) is -0.152. The van der Waals surface area contributed by atoms with Crippen LogP contribution in [0.5, 0.6) is 0 Å². The minimum absolute atomic E-state index is 0.103. The molecule has 0 spiro atoms. The van der Waals surface area contributed by atoms with Gasteiger partial charge in [0.15, 0.2) is 0 Å². The van der Waals surface area contributed by atoms with E-state index < -0.39 is 0 Å². The van der Waals surface area contributed by atoms with E-state index in [-0.39, 0.29) is 11.9 Å². The summed E-state index contributed by atoms with van der Waals surface area (Å²) in [6.07, 6.45) is 1.95. The van der Waals surface area contributed by atoms with E-state index >= 15 is 0 Å². The van der Waals surface area contributed by atoms with Crippen molar-refractivity contribution in [3.05, 3.63) is 35.8 Å². The van der Waals surface area contributed by atoms with Crippen LogP contribution in [-0.4, -0.2) is 10.6 Å². The van der Waals surface area contributed by atoms with E-state index in [2.05, 4.69) is 4.57 Å². The molecule has 1 atom stereocenters. The predicted octanol–water partition coefficient (Wildman–Crippen LogP) is 2.44. The number of aryl methyl sites for hydroxylation is 1. The third kappa shape index (κ3) is 1.88. The molecule has 15 heavy (non-hydrogen) atoms. The molecular weight excluding hydrogens is 191 g/mol. The molecule has 2 rings (SSSR count). The Labute approximate surface area is 88.5 Å². The molecule has 2 N–H and O–H groups in total. The van der Waals surface area contributed by atoms with Gasteiger partial charge in [-0.05, 0) is 37.6 Å². The molecule has 80 valence electrons. The Morgan fingerprint density at radius 2 is 2.20 bits per heavy atom. The van der Waals surface area contributed by atoms with Crippen molar-refractivity contribution in [3.8, 4) is 0 Å². The summed E-state index contributed by atoms with van der Waals surface area (Å²) in [6, 6.07) is 5.46. The molecule has 1 aromatic heterocycles. The number of nitrogens with two attached hydrogens (primary N) is 1. The lowest BCUT2D eigenvalue weighted by Crippen LogP contribution is -2.21. The normalized spacial score (nSPS) is 13.3. The van der Waals surface area contributed by atoms with Crippen LogP contribution in [0.2, 0.25) is 0 Å². The zero-order valence-corrected chi connectivity index (χ0v) is 9.00. The maximum atomic E-state index is 13.3. The third-order valence-corrected chi connectivity index (χ3v) is 2.54. The van der Waals surface area contributed by atoms with Gasteiger partial charge in [-0.15, -0.1) is 0 Å². The van der Waals surface area contributed by atoms with Crippen molar-refractivity contribution in [1.29, 1.82) is 0 Å². The zero-order valence-electron chi connectivity index (χ0n) is 9.00. The van der Waals surface area contributed by atoms with Gasteiger partial charge in [0.1, 0.15) is 5.82 Å². The largest absolute Gasteiger partial charge is 0.346 e. The molecule has 2 nitrogen and oxygen atoms in total.